The summed E-state index contributed by atoms with van der Waals surface area (Å²) >= 11 is 12.0. The maximum Gasteiger partial charge on any atom is 0.261 e. The molecule has 0 bridgehead atoms. The molecular weight excluding hydrogens is 411 g/mol. The van der Waals surface area contributed by atoms with E-state index in [-0.39, 0.29) is 24.5 Å². The Labute approximate surface area is 181 Å². The monoisotopic (exact) mass is 436 g/mol. The third-order valence-corrected chi connectivity index (χ3v) is 4.85. The number of rotatable bonds is 8. The van der Waals surface area contributed by atoms with Crippen LogP contribution in [0.5, 0.6) is 5.75 Å². The number of benzene rings is 2. The number of ether oxygens (including phenoxy) is 1. The van der Waals surface area contributed by atoms with Crippen molar-refractivity contribution in [3.05, 3.63) is 63.6 Å². The van der Waals surface area contributed by atoms with Gasteiger partial charge < -0.3 is 15.0 Å². The first-order chi connectivity index (χ1) is 13.7. The van der Waals surface area contributed by atoms with Crippen molar-refractivity contribution in [2.75, 3.05) is 6.61 Å². The van der Waals surface area contributed by atoms with Crippen molar-refractivity contribution in [3.8, 4) is 5.75 Å². The van der Waals surface area contributed by atoms with Crippen LogP contribution in [0, 0.1) is 6.92 Å². The largest absolute Gasteiger partial charge is 0.482 e. The van der Waals surface area contributed by atoms with Crippen LogP contribution in [0.3, 0.4) is 0 Å². The van der Waals surface area contributed by atoms with Crippen LogP contribution in [0.25, 0.3) is 0 Å². The molecule has 2 aromatic rings. The first-order valence-electron chi connectivity index (χ1n) is 9.40. The number of carbonyl (C=O) groups excluding carboxylic acids is 2. The second-order valence-electron chi connectivity index (χ2n) is 7.21. The molecule has 7 heteroatoms. The fourth-order valence-electron chi connectivity index (χ4n) is 2.69. The van der Waals surface area contributed by atoms with E-state index in [4.69, 9.17) is 27.9 Å². The zero-order valence-electron chi connectivity index (χ0n) is 17.0. The number of hydrogen-bond acceptors (Lipinski definition) is 3. The Hall–Kier alpha value is -2.24. The molecule has 2 aromatic carbocycles. The van der Waals surface area contributed by atoms with Gasteiger partial charge in [-0.25, -0.2) is 0 Å². The van der Waals surface area contributed by atoms with E-state index in [1.165, 1.54) is 4.90 Å². The highest BCUT2D eigenvalue weighted by atomic mass is 35.5. The van der Waals surface area contributed by atoms with E-state index >= 15 is 0 Å². The van der Waals surface area contributed by atoms with Crippen molar-refractivity contribution in [1.29, 1.82) is 0 Å². The molecule has 0 aliphatic rings. The van der Waals surface area contributed by atoms with E-state index in [1.807, 2.05) is 45.0 Å². The number of halogens is 2. The third-order valence-electron chi connectivity index (χ3n) is 4.32. The van der Waals surface area contributed by atoms with E-state index in [1.54, 1.807) is 25.1 Å². The lowest BCUT2D eigenvalue weighted by molar-refractivity contribution is -0.142. The minimum absolute atomic E-state index is 0.0228. The third kappa shape index (κ3) is 6.94. The van der Waals surface area contributed by atoms with Crippen molar-refractivity contribution in [1.82, 2.24) is 10.2 Å². The predicted octanol–water partition coefficient (Wildman–Crippen LogP) is 4.62. The zero-order valence-corrected chi connectivity index (χ0v) is 18.6. The van der Waals surface area contributed by atoms with E-state index < -0.39 is 6.04 Å². The maximum absolute atomic E-state index is 12.9. The van der Waals surface area contributed by atoms with Gasteiger partial charge in [-0.05, 0) is 51.5 Å². The highest BCUT2D eigenvalue weighted by Crippen LogP contribution is 2.27. The average molecular weight is 437 g/mol. The minimum Gasteiger partial charge on any atom is -0.482 e. The van der Waals surface area contributed by atoms with Crippen molar-refractivity contribution in [2.45, 2.75) is 46.3 Å². The van der Waals surface area contributed by atoms with Gasteiger partial charge in [0.2, 0.25) is 5.91 Å². The van der Waals surface area contributed by atoms with Crippen LogP contribution >= 0.6 is 23.2 Å². The quantitative estimate of drug-likeness (QED) is 0.656. The van der Waals surface area contributed by atoms with Gasteiger partial charge in [-0.3, -0.25) is 9.59 Å². The van der Waals surface area contributed by atoms with Crippen molar-refractivity contribution >= 4 is 35.0 Å². The Morgan fingerprint density at radius 3 is 2.31 bits per heavy atom. The Balaban J connectivity index is 2.16. The molecule has 0 saturated carbocycles. The number of hydrogen-bond donors (Lipinski definition) is 1. The minimum atomic E-state index is -0.657. The summed E-state index contributed by atoms with van der Waals surface area (Å²) in [5.41, 5.74) is 2.05. The highest BCUT2D eigenvalue weighted by Gasteiger charge is 2.27. The summed E-state index contributed by atoms with van der Waals surface area (Å²) in [6.07, 6.45) is 0. The van der Waals surface area contributed by atoms with Crippen molar-refractivity contribution < 1.29 is 14.3 Å². The van der Waals surface area contributed by atoms with Gasteiger partial charge in [0.15, 0.2) is 6.61 Å². The van der Waals surface area contributed by atoms with E-state index in [9.17, 15) is 9.59 Å². The fraction of sp³-hybridized carbons (Fsp3) is 0.364. The molecule has 0 radical (unpaired) electrons. The van der Waals surface area contributed by atoms with Crippen LogP contribution in [0.1, 0.15) is 31.9 Å². The second-order valence-corrected chi connectivity index (χ2v) is 8.05. The van der Waals surface area contributed by atoms with Gasteiger partial charge in [-0.1, -0.05) is 53.0 Å². The smallest absolute Gasteiger partial charge is 0.261 e. The first kappa shape index (κ1) is 23.0. The summed E-state index contributed by atoms with van der Waals surface area (Å²) in [6, 6.07) is 11.9. The number of nitrogens with one attached hydrogen (secondary N) is 1. The topological polar surface area (TPSA) is 58.6 Å². The van der Waals surface area contributed by atoms with Gasteiger partial charge in [0.05, 0.1) is 5.02 Å². The van der Waals surface area contributed by atoms with Gasteiger partial charge in [-0.15, -0.1) is 0 Å². The number of amides is 2. The lowest BCUT2D eigenvalue weighted by Crippen LogP contribution is -2.50. The molecule has 2 amide bonds. The molecule has 0 aliphatic carbocycles. The molecule has 1 N–H and O–H groups in total. The molecule has 5 nitrogen and oxygen atoms in total. The molecule has 0 heterocycles. The van der Waals surface area contributed by atoms with Gasteiger partial charge >= 0.3 is 0 Å². The molecule has 0 aliphatic heterocycles. The molecular formula is C22H26Cl2N2O3. The van der Waals surface area contributed by atoms with Gasteiger partial charge in [0.25, 0.3) is 5.91 Å². The zero-order chi connectivity index (χ0) is 21.6. The van der Waals surface area contributed by atoms with E-state index in [0.717, 1.165) is 11.1 Å². The SMILES string of the molecule is Cc1ccc(CN(C(=O)COc2ccc(Cl)cc2Cl)[C@@H](C)C(=O)NC(C)C)cc1. The molecule has 2 rings (SSSR count). The predicted molar refractivity (Wildman–Crippen MR) is 116 cm³/mol. The number of carbonyl (C=O) groups is 2. The van der Waals surface area contributed by atoms with Crippen molar-refractivity contribution in [2.24, 2.45) is 0 Å². The average Bonchev–Trinajstić information content (AvgIpc) is 2.65. The second kappa shape index (κ2) is 10.5. The molecule has 0 aromatic heterocycles. The summed E-state index contributed by atoms with van der Waals surface area (Å²) in [6.45, 7) is 7.51. The summed E-state index contributed by atoms with van der Waals surface area (Å²) in [5.74, 6) is -0.174. The van der Waals surface area contributed by atoms with Crippen LogP contribution in [0.4, 0.5) is 0 Å². The molecule has 0 unspecified atom stereocenters. The van der Waals surface area contributed by atoms with Crippen molar-refractivity contribution in [3.63, 3.8) is 0 Å². The normalized spacial score (nSPS) is 11.8. The van der Waals surface area contributed by atoms with E-state index in [2.05, 4.69) is 5.32 Å². The summed E-state index contributed by atoms with van der Waals surface area (Å²) < 4.78 is 5.59. The lowest BCUT2D eigenvalue weighted by atomic mass is 10.1. The molecule has 0 fully saturated rings. The van der Waals surface area contributed by atoms with Gasteiger partial charge in [0.1, 0.15) is 11.8 Å². The van der Waals surface area contributed by atoms with Crippen LogP contribution < -0.4 is 10.1 Å². The standard InChI is InChI=1S/C22H26Cl2N2O3/c1-14(2)25-22(28)16(4)26(12-17-7-5-15(3)6-8-17)21(27)13-29-20-10-9-18(23)11-19(20)24/h5-11,14,16H,12-13H2,1-4H3,(H,25,28)/t16-/m0/s1. The first-order valence-corrected chi connectivity index (χ1v) is 10.2. The van der Waals surface area contributed by atoms with Crippen LogP contribution in [0.2, 0.25) is 10.0 Å². The Morgan fingerprint density at radius 1 is 1.07 bits per heavy atom. The molecule has 1 atom stereocenters. The summed E-state index contributed by atoms with van der Waals surface area (Å²) in [5, 5.41) is 3.65. The summed E-state index contributed by atoms with van der Waals surface area (Å²) in [7, 11) is 0. The molecule has 0 saturated heterocycles. The molecule has 29 heavy (non-hydrogen) atoms. The number of nitrogens with zero attached hydrogens (tertiary/aromatic N) is 1. The summed E-state index contributed by atoms with van der Waals surface area (Å²) in [4.78, 5) is 27.0. The lowest BCUT2D eigenvalue weighted by Gasteiger charge is -2.29. The van der Waals surface area contributed by atoms with Crippen LogP contribution in [0.15, 0.2) is 42.5 Å². The number of aryl methyl sites for hydroxylation is 1. The Kier molecular flexibility index (Phi) is 8.35. The van der Waals surface area contributed by atoms with E-state index in [0.29, 0.717) is 22.3 Å². The highest BCUT2D eigenvalue weighted by molar-refractivity contribution is 6.35. The van der Waals surface area contributed by atoms with Crippen LogP contribution in [-0.4, -0.2) is 35.4 Å². The fourth-order valence-corrected chi connectivity index (χ4v) is 3.16. The Morgan fingerprint density at radius 2 is 1.72 bits per heavy atom. The van der Waals surface area contributed by atoms with Gasteiger partial charge in [0, 0.05) is 17.6 Å². The molecule has 0 spiro atoms. The maximum atomic E-state index is 12.9. The van der Waals surface area contributed by atoms with Gasteiger partial charge in [-0.2, -0.15) is 0 Å². The Bertz CT molecular complexity index is 854. The van der Waals surface area contributed by atoms with Crippen LogP contribution in [-0.2, 0) is 16.1 Å². The molecule has 156 valence electrons.